The Morgan fingerprint density at radius 3 is 1.57 bits per heavy atom. The van der Waals surface area contributed by atoms with Crippen molar-refractivity contribution in [2.75, 3.05) is 19.8 Å². The third-order valence-corrected chi connectivity index (χ3v) is 4.96. The second-order valence-corrected chi connectivity index (χ2v) is 6.99. The van der Waals surface area contributed by atoms with E-state index >= 15 is 0 Å². The standard InChI is InChI=1S/C15H26O13/c16-4-1-25-14(11(21)7(4)17)28-6-3-26-15(12(22)9(6)19)27-5-2-24-13(23)10(20)8(5)18/h4-23H,1-3H2/t4-,5-,6-,7?,8?,9?,10+,11+,12+,13-,14+,15+/m1/s1. The van der Waals surface area contributed by atoms with Crippen molar-refractivity contribution in [3.05, 3.63) is 0 Å². The summed E-state index contributed by atoms with van der Waals surface area (Å²) in [7, 11) is 0. The van der Waals surface area contributed by atoms with Gasteiger partial charge in [-0.2, -0.15) is 0 Å². The summed E-state index contributed by atoms with van der Waals surface area (Å²) in [6, 6.07) is 0. The topological polar surface area (TPSA) is 208 Å². The van der Waals surface area contributed by atoms with Gasteiger partial charge in [0.25, 0.3) is 0 Å². The average molecular weight is 414 g/mol. The molecule has 3 unspecified atom stereocenters. The molecule has 0 radical (unpaired) electrons. The largest absolute Gasteiger partial charge is 0.388 e. The summed E-state index contributed by atoms with van der Waals surface area (Å²) in [4.78, 5) is 0. The first-order chi connectivity index (χ1) is 13.2. The molecule has 3 heterocycles. The van der Waals surface area contributed by atoms with Crippen LogP contribution in [0.15, 0.2) is 0 Å². The van der Waals surface area contributed by atoms with Gasteiger partial charge in [-0.3, -0.25) is 0 Å². The Morgan fingerprint density at radius 1 is 0.500 bits per heavy atom. The van der Waals surface area contributed by atoms with Gasteiger partial charge >= 0.3 is 0 Å². The van der Waals surface area contributed by atoms with E-state index in [1.807, 2.05) is 0 Å². The fraction of sp³-hybridized carbons (Fsp3) is 1.00. The molecular formula is C15H26O13. The van der Waals surface area contributed by atoms with Crippen molar-refractivity contribution < 1.29 is 64.5 Å². The lowest BCUT2D eigenvalue weighted by atomic mass is 10.0. The number of rotatable bonds is 4. The van der Waals surface area contributed by atoms with Crippen molar-refractivity contribution in [3.63, 3.8) is 0 Å². The van der Waals surface area contributed by atoms with Gasteiger partial charge < -0.3 is 64.5 Å². The van der Waals surface area contributed by atoms with Gasteiger partial charge in [0.2, 0.25) is 0 Å². The summed E-state index contributed by atoms with van der Waals surface area (Å²) in [5, 5.41) is 78.3. The fourth-order valence-corrected chi connectivity index (χ4v) is 3.15. The van der Waals surface area contributed by atoms with E-state index in [-0.39, 0.29) is 19.8 Å². The van der Waals surface area contributed by atoms with Crippen molar-refractivity contribution >= 4 is 0 Å². The minimum atomic E-state index is -1.63. The van der Waals surface area contributed by atoms with Gasteiger partial charge in [-0.25, -0.2) is 0 Å². The molecule has 0 aromatic carbocycles. The van der Waals surface area contributed by atoms with Crippen LogP contribution in [0.3, 0.4) is 0 Å². The predicted octanol–water partition coefficient (Wildman–Crippen LogP) is -5.66. The molecule has 28 heavy (non-hydrogen) atoms. The Balaban J connectivity index is 1.54. The Labute approximate surface area is 159 Å². The maximum atomic E-state index is 10.3. The first-order valence-electron chi connectivity index (χ1n) is 8.81. The smallest absolute Gasteiger partial charge is 0.186 e. The third-order valence-electron chi connectivity index (χ3n) is 4.96. The fourth-order valence-electron chi connectivity index (χ4n) is 3.15. The summed E-state index contributed by atoms with van der Waals surface area (Å²) in [5.74, 6) is 0. The van der Waals surface area contributed by atoms with Crippen LogP contribution in [0, 0.1) is 0 Å². The molecule has 0 saturated carbocycles. The zero-order valence-corrected chi connectivity index (χ0v) is 14.7. The van der Waals surface area contributed by atoms with Crippen LogP contribution in [0.5, 0.6) is 0 Å². The van der Waals surface area contributed by atoms with Crippen LogP contribution in [-0.4, -0.2) is 134 Å². The lowest BCUT2D eigenvalue weighted by molar-refractivity contribution is -0.346. The lowest BCUT2D eigenvalue weighted by Gasteiger charge is -2.43. The van der Waals surface area contributed by atoms with Gasteiger partial charge in [-0.05, 0) is 0 Å². The van der Waals surface area contributed by atoms with E-state index < -0.39 is 73.8 Å². The number of aliphatic hydroxyl groups excluding tert-OH is 8. The maximum absolute atomic E-state index is 10.3. The molecule has 0 aliphatic carbocycles. The van der Waals surface area contributed by atoms with Gasteiger partial charge in [-0.1, -0.05) is 0 Å². The zero-order valence-electron chi connectivity index (χ0n) is 14.7. The van der Waals surface area contributed by atoms with Crippen molar-refractivity contribution in [2.45, 2.75) is 73.8 Å². The predicted molar refractivity (Wildman–Crippen MR) is 83.2 cm³/mol. The van der Waals surface area contributed by atoms with E-state index in [1.54, 1.807) is 0 Å². The molecule has 164 valence electrons. The highest BCUT2D eigenvalue weighted by Crippen LogP contribution is 2.26. The van der Waals surface area contributed by atoms with Crippen LogP contribution in [-0.2, 0) is 23.7 Å². The number of hydrogen-bond donors (Lipinski definition) is 8. The maximum Gasteiger partial charge on any atom is 0.186 e. The molecule has 13 heteroatoms. The summed E-state index contributed by atoms with van der Waals surface area (Å²) in [6.07, 6.45) is -17.3. The van der Waals surface area contributed by atoms with Crippen LogP contribution in [0.2, 0.25) is 0 Å². The molecular weight excluding hydrogens is 388 g/mol. The summed E-state index contributed by atoms with van der Waals surface area (Å²) < 4.78 is 25.9. The number of aliphatic hydroxyl groups is 8. The molecule has 3 aliphatic rings. The van der Waals surface area contributed by atoms with E-state index in [1.165, 1.54) is 0 Å². The molecule has 12 atom stereocenters. The van der Waals surface area contributed by atoms with Gasteiger partial charge in [0.1, 0.15) is 54.9 Å². The third kappa shape index (κ3) is 4.46. The van der Waals surface area contributed by atoms with Crippen LogP contribution in [0.25, 0.3) is 0 Å². The molecule has 0 aromatic heterocycles. The molecule has 13 nitrogen and oxygen atoms in total. The second-order valence-electron chi connectivity index (χ2n) is 6.99. The van der Waals surface area contributed by atoms with Crippen LogP contribution in [0.1, 0.15) is 0 Å². The van der Waals surface area contributed by atoms with E-state index in [0.29, 0.717) is 0 Å². The molecule has 0 bridgehead atoms. The zero-order chi connectivity index (χ0) is 20.6. The SMILES string of the molecule is OC1[C@H](O)CO[C@@H](O[C@@H]2CO[C@@H](O[C@@H]3CO[C@@H](O)[C@@H](O)C3O)[C@@H](O)C2O)[C@H]1O. The van der Waals surface area contributed by atoms with Crippen LogP contribution < -0.4 is 0 Å². The van der Waals surface area contributed by atoms with E-state index in [0.717, 1.165) is 0 Å². The average Bonchev–Trinajstić information content (AvgIpc) is 2.68. The van der Waals surface area contributed by atoms with Gasteiger partial charge in [0.15, 0.2) is 18.9 Å². The highest BCUT2D eigenvalue weighted by Gasteiger charge is 2.47. The van der Waals surface area contributed by atoms with Gasteiger partial charge in [0.05, 0.1) is 19.8 Å². The Hall–Kier alpha value is -0.520. The summed E-state index contributed by atoms with van der Waals surface area (Å²) in [5.41, 5.74) is 0. The molecule has 0 aromatic rings. The van der Waals surface area contributed by atoms with E-state index in [4.69, 9.17) is 23.7 Å². The Bertz CT molecular complexity index is 464. The molecule has 0 amide bonds. The van der Waals surface area contributed by atoms with E-state index in [2.05, 4.69) is 0 Å². The minimum Gasteiger partial charge on any atom is -0.388 e. The quantitative estimate of drug-likeness (QED) is 0.216. The van der Waals surface area contributed by atoms with Crippen molar-refractivity contribution in [3.8, 4) is 0 Å². The monoisotopic (exact) mass is 414 g/mol. The highest BCUT2D eigenvalue weighted by molar-refractivity contribution is 4.89. The number of ether oxygens (including phenoxy) is 5. The lowest BCUT2D eigenvalue weighted by Crippen LogP contribution is -2.61. The molecule has 0 spiro atoms. The highest BCUT2D eigenvalue weighted by atomic mass is 16.7. The van der Waals surface area contributed by atoms with Gasteiger partial charge in [0, 0.05) is 0 Å². The van der Waals surface area contributed by atoms with Crippen molar-refractivity contribution in [2.24, 2.45) is 0 Å². The van der Waals surface area contributed by atoms with Crippen LogP contribution >= 0.6 is 0 Å². The Morgan fingerprint density at radius 2 is 0.964 bits per heavy atom. The second kappa shape index (κ2) is 9.09. The Kier molecular flexibility index (Phi) is 7.20. The molecule has 3 saturated heterocycles. The molecule has 3 fully saturated rings. The first-order valence-corrected chi connectivity index (χ1v) is 8.81. The molecule has 3 rings (SSSR count). The van der Waals surface area contributed by atoms with E-state index in [9.17, 15) is 40.9 Å². The summed E-state index contributed by atoms with van der Waals surface area (Å²) in [6.45, 7) is -0.887. The van der Waals surface area contributed by atoms with Gasteiger partial charge in [-0.15, -0.1) is 0 Å². The first kappa shape index (κ1) is 22.2. The molecule has 3 aliphatic heterocycles. The van der Waals surface area contributed by atoms with Crippen molar-refractivity contribution in [1.82, 2.24) is 0 Å². The van der Waals surface area contributed by atoms with Crippen molar-refractivity contribution in [1.29, 1.82) is 0 Å². The van der Waals surface area contributed by atoms with Crippen LogP contribution in [0.4, 0.5) is 0 Å². The minimum absolute atomic E-state index is 0.287. The number of hydrogen-bond acceptors (Lipinski definition) is 13. The molecule has 8 N–H and O–H groups in total. The summed E-state index contributed by atoms with van der Waals surface area (Å²) >= 11 is 0. The normalized spacial score (nSPS) is 53.1.